The van der Waals surface area contributed by atoms with Gasteiger partial charge in [0.2, 0.25) is 0 Å². The topological polar surface area (TPSA) is 16.4 Å². The summed E-state index contributed by atoms with van der Waals surface area (Å²) >= 11 is 0. The lowest BCUT2D eigenvalue weighted by Crippen LogP contribution is -2.11. The molecule has 13 aromatic rings. The molecule has 1 heterocycles. The fourth-order valence-corrected chi connectivity index (χ4v) is 9.92. The first-order valence-corrected chi connectivity index (χ1v) is 22.0. The van der Waals surface area contributed by atoms with Crippen molar-refractivity contribution < 1.29 is 4.42 Å². The van der Waals surface area contributed by atoms with Crippen LogP contribution in [0.4, 0.5) is 17.1 Å². The van der Waals surface area contributed by atoms with Crippen LogP contribution in [0.3, 0.4) is 0 Å². The fraction of sp³-hybridized carbons (Fsp3) is 0. The van der Waals surface area contributed by atoms with Crippen molar-refractivity contribution in [3.05, 3.63) is 237 Å². The molecule has 0 amide bonds. The van der Waals surface area contributed by atoms with Crippen LogP contribution < -0.4 is 4.90 Å². The Hall–Kier alpha value is -8.46. The van der Waals surface area contributed by atoms with E-state index in [4.69, 9.17) is 4.42 Å². The molecule has 0 saturated heterocycles. The van der Waals surface area contributed by atoms with Crippen LogP contribution >= 0.6 is 0 Å². The van der Waals surface area contributed by atoms with Crippen LogP contribution in [-0.4, -0.2) is 0 Å². The lowest BCUT2D eigenvalue weighted by Gasteiger charge is -2.28. The number of rotatable bonds is 6. The molecule has 1 aromatic heterocycles. The minimum atomic E-state index is 0.855. The van der Waals surface area contributed by atoms with E-state index in [-0.39, 0.29) is 0 Å². The molecule has 64 heavy (non-hydrogen) atoms. The number of fused-ring (bicyclic) bond motifs is 9. The standard InChI is InChI=1S/C62H39NO/c1-3-13-44-34-49(22-20-40(44)10-1)52-26-25-50-35-48(23-24-51(50)36-52)42-28-31-54(32-29-42)63(58-19-9-18-56-61-55-17-8-7-12-43(55)30-33-60(61)64-62(56)58)59-39-47-16-6-5-15-46(47)38-57(59)53-27-21-41-11-2-4-14-45(41)37-53/h1-39H. The Bertz CT molecular complexity index is 3970. The van der Waals surface area contributed by atoms with E-state index in [0.717, 1.165) is 55.7 Å². The van der Waals surface area contributed by atoms with Crippen molar-refractivity contribution in [2.45, 2.75) is 0 Å². The Kier molecular flexibility index (Phi) is 8.25. The highest BCUT2D eigenvalue weighted by molar-refractivity contribution is 6.21. The maximum atomic E-state index is 6.95. The van der Waals surface area contributed by atoms with Gasteiger partial charge in [0.15, 0.2) is 5.58 Å². The number of nitrogens with zero attached hydrogens (tertiary/aromatic N) is 1. The van der Waals surface area contributed by atoms with Crippen LogP contribution in [0.15, 0.2) is 241 Å². The zero-order chi connectivity index (χ0) is 42.1. The highest BCUT2D eigenvalue weighted by Crippen LogP contribution is 2.48. The van der Waals surface area contributed by atoms with E-state index < -0.39 is 0 Å². The van der Waals surface area contributed by atoms with Gasteiger partial charge in [0.1, 0.15) is 5.58 Å². The van der Waals surface area contributed by atoms with Gasteiger partial charge in [0.25, 0.3) is 0 Å². The second-order valence-corrected chi connectivity index (χ2v) is 16.9. The zero-order valence-corrected chi connectivity index (χ0v) is 34.9. The third-order valence-corrected chi connectivity index (χ3v) is 13.2. The Morgan fingerprint density at radius 1 is 0.281 bits per heavy atom. The average molecular weight is 814 g/mol. The third-order valence-electron chi connectivity index (χ3n) is 13.2. The van der Waals surface area contributed by atoms with Crippen molar-refractivity contribution in [2.24, 2.45) is 0 Å². The molecule has 298 valence electrons. The molecule has 13 rings (SSSR count). The van der Waals surface area contributed by atoms with Gasteiger partial charge in [-0.1, -0.05) is 176 Å². The molecule has 0 aliphatic carbocycles. The van der Waals surface area contributed by atoms with E-state index in [0.29, 0.717) is 0 Å². The summed E-state index contributed by atoms with van der Waals surface area (Å²) in [5, 5.41) is 14.4. The second-order valence-electron chi connectivity index (χ2n) is 16.9. The van der Waals surface area contributed by atoms with Crippen LogP contribution in [0, 0.1) is 0 Å². The van der Waals surface area contributed by atoms with Crippen molar-refractivity contribution in [3.63, 3.8) is 0 Å². The lowest BCUT2D eigenvalue weighted by molar-refractivity contribution is 0.669. The van der Waals surface area contributed by atoms with Gasteiger partial charge in [-0.05, 0) is 142 Å². The molecular weight excluding hydrogens is 775 g/mol. The van der Waals surface area contributed by atoms with Crippen LogP contribution in [0.1, 0.15) is 0 Å². The van der Waals surface area contributed by atoms with Crippen molar-refractivity contribution in [3.8, 4) is 33.4 Å². The van der Waals surface area contributed by atoms with Crippen LogP contribution in [-0.2, 0) is 0 Å². The van der Waals surface area contributed by atoms with Crippen molar-refractivity contribution in [2.75, 3.05) is 4.90 Å². The molecule has 0 aliphatic heterocycles. The number of para-hydroxylation sites is 1. The molecule has 0 bridgehead atoms. The minimum absolute atomic E-state index is 0.855. The number of hydrogen-bond acceptors (Lipinski definition) is 2. The summed E-state index contributed by atoms with van der Waals surface area (Å²) in [5.41, 5.74) is 11.9. The van der Waals surface area contributed by atoms with E-state index in [1.54, 1.807) is 0 Å². The van der Waals surface area contributed by atoms with Crippen molar-refractivity contribution in [1.82, 2.24) is 0 Å². The SMILES string of the molecule is c1ccc2cc(-c3ccc4cc(-c5ccc(N(c6cc7ccccc7cc6-c6ccc7ccccc7c6)c6cccc7c6oc6ccc8ccccc8c67)cc5)ccc4c3)ccc2c1. The lowest BCUT2D eigenvalue weighted by atomic mass is 9.95. The van der Waals surface area contributed by atoms with E-state index >= 15 is 0 Å². The highest BCUT2D eigenvalue weighted by Gasteiger charge is 2.24. The summed E-state index contributed by atoms with van der Waals surface area (Å²) in [6.45, 7) is 0. The number of benzene rings is 12. The molecule has 12 aromatic carbocycles. The molecule has 0 spiro atoms. The van der Waals surface area contributed by atoms with E-state index in [9.17, 15) is 0 Å². The Balaban J connectivity index is 0.974. The Labute approximate surface area is 370 Å². The smallest absolute Gasteiger partial charge is 0.159 e. The predicted molar refractivity (Wildman–Crippen MR) is 272 cm³/mol. The number of furan rings is 1. The summed E-state index contributed by atoms with van der Waals surface area (Å²) in [6.07, 6.45) is 0. The predicted octanol–water partition coefficient (Wildman–Crippen LogP) is 17.8. The maximum Gasteiger partial charge on any atom is 0.159 e. The monoisotopic (exact) mass is 813 g/mol. The highest BCUT2D eigenvalue weighted by atomic mass is 16.3. The average Bonchev–Trinajstić information content (AvgIpc) is 3.76. The molecule has 0 aliphatic rings. The van der Waals surface area contributed by atoms with Crippen LogP contribution in [0.25, 0.3) is 109 Å². The normalized spacial score (nSPS) is 11.8. The molecule has 0 atom stereocenters. The first-order chi connectivity index (χ1) is 31.7. The molecule has 0 fully saturated rings. The van der Waals surface area contributed by atoms with Gasteiger partial charge in [-0.2, -0.15) is 0 Å². The molecule has 0 unspecified atom stereocenters. The van der Waals surface area contributed by atoms with Crippen LogP contribution in [0.5, 0.6) is 0 Å². The number of anilines is 3. The van der Waals surface area contributed by atoms with Crippen LogP contribution in [0.2, 0.25) is 0 Å². The van der Waals surface area contributed by atoms with E-state index in [2.05, 4.69) is 241 Å². The molecule has 0 radical (unpaired) electrons. The first kappa shape index (κ1) is 36.2. The molecular formula is C62H39NO. The van der Waals surface area contributed by atoms with Crippen molar-refractivity contribution in [1.29, 1.82) is 0 Å². The summed E-state index contributed by atoms with van der Waals surface area (Å²) in [7, 11) is 0. The molecule has 0 saturated carbocycles. The maximum absolute atomic E-state index is 6.95. The van der Waals surface area contributed by atoms with Crippen molar-refractivity contribution >= 4 is 92.9 Å². The minimum Gasteiger partial charge on any atom is -0.454 e. The quantitative estimate of drug-likeness (QED) is 0.166. The second kappa shape index (κ2) is 14.6. The summed E-state index contributed by atoms with van der Waals surface area (Å²) < 4.78 is 6.95. The van der Waals surface area contributed by atoms with Gasteiger partial charge in [-0.3, -0.25) is 0 Å². The van der Waals surface area contributed by atoms with Gasteiger partial charge in [0, 0.05) is 22.0 Å². The first-order valence-electron chi connectivity index (χ1n) is 22.0. The fourth-order valence-electron chi connectivity index (χ4n) is 9.92. The summed E-state index contributed by atoms with van der Waals surface area (Å²) in [6, 6.07) is 86.2. The summed E-state index contributed by atoms with van der Waals surface area (Å²) in [4.78, 5) is 2.41. The number of hydrogen-bond donors (Lipinski definition) is 0. The van der Waals surface area contributed by atoms with E-state index in [1.807, 2.05) is 0 Å². The molecule has 0 N–H and O–H groups in total. The van der Waals surface area contributed by atoms with Gasteiger partial charge in [-0.25, -0.2) is 0 Å². The van der Waals surface area contributed by atoms with Gasteiger partial charge in [-0.15, -0.1) is 0 Å². The molecule has 2 nitrogen and oxygen atoms in total. The van der Waals surface area contributed by atoms with Gasteiger partial charge in [0.05, 0.1) is 11.4 Å². The zero-order valence-electron chi connectivity index (χ0n) is 34.9. The Morgan fingerprint density at radius 2 is 0.734 bits per heavy atom. The van der Waals surface area contributed by atoms with Gasteiger partial charge < -0.3 is 9.32 Å². The Morgan fingerprint density at radius 3 is 1.39 bits per heavy atom. The summed E-state index contributed by atoms with van der Waals surface area (Å²) in [5.74, 6) is 0. The largest absolute Gasteiger partial charge is 0.454 e. The third kappa shape index (κ3) is 6.03. The molecule has 2 heteroatoms. The van der Waals surface area contributed by atoms with E-state index in [1.165, 1.54) is 70.6 Å². The van der Waals surface area contributed by atoms with Gasteiger partial charge >= 0.3 is 0 Å².